The molecule has 0 bridgehead atoms. The third kappa shape index (κ3) is 6.60. The number of hydrogen-bond donors (Lipinski definition) is 1. The molecule has 1 aliphatic heterocycles. The second-order valence-electron chi connectivity index (χ2n) is 7.57. The molecule has 1 amide bonds. The molecule has 2 aromatic rings. The van der Waals surface area contributed by atoms with Crippen molar-refractivity contribution in [2.24, 2.45) is 0 Å². The van der Waals surface area contributed by atoms with E-state index >= 15 is 0 Å². The molecule has 0 unspecified atom stereocenters. The summed E-state index contributed by atoms with van der Waals surface area (Å²) >= 11 is 0. The van der Waals surface area contributed by atoms with E-state index < -0.39 is 0 Å². The van der Waals surface area contributed by atoms with Gasteiger partial charge in [0.25, 0.3) is 5.91 Å². The van der Waals surface area contributed by atoms with Crippen molar-refractivity contribution in [2.75, 3.05) is 47.6 Å². The molecule has 7 nitrogen and oxygen atoms in total. The zero-order valence-corrected chi connectivity index (χ0v) is 18.6. The largest absolute Gasteiger partial charge is 0.497 e. The Hall–Kier alpha value is -2.77. The van der Waals surface area contributed by atoms with Crippen LogP contribution in [0, 0.1) is 0 Å². The van der Waals surface area contributed by atoms with Crippen LogP contribution in [0.15, 0.2) is 42.5 Å². The van der Waals surface area contributed by atoms with Crippen molar-refractivity contribution < 1.29 is 23.7 Å². The molecule has 0 aromatic heterocycles. The maximum absolute atomic E-state index is 12.6. The molecule has 2 aromatic carbocycles. The summed E-state index contributed by atoms with van der Waals surface area (Å²) < 4.78 is 21.9. The lowest BCUT2D eigenvalue weighted by atomic mass is 10.1. The lowest BCUT2D eigenvalue weighted by molar-refractivity contribution is 0.0392. The number of rotatable bonds is 10. The van der Waals surface area contributed by atoms with E-state index in [2.05, 4.69) is 17.3 Å². The summed E-state index contributed by atoms with van der Waals surface area (Å²) in [7, 11) is 5.25. The Morgan fingerprint density at radius 2 is 1.90 bits per heavy atom. The molecule has 0 radical (unpaired) electrons. The number of hydrogen-bond acceptors (Lipinski definition) is 6. The van der Waals surface area contributed by atoms with Crippen molar-refractivity contribution in [3.8, 4) is 17.2 Å². The number of benzene rings is 2. The van der Waals surface area contributed by atoms with Crippen LogP contribution >= 0.6 is 0 Å². The number of nitrogens with one attached hydrogen (secondary N) is 1. The topological polar surface area (TPSA) is 69.3 Å². The zero-order valence-electron chi connectivity index (χ0n) is 18.6. The highest BCUT2D eigenvalue weighted by Gasteiger charge is 2.18. The summed E-state index contributed by atoms with van der Waals surface area (Å²) in [5.41, 5.74) is 1.43. The van der Waals surface area contributed by atoms with E-state index in [0.29, 0.717) is 36.3 Å². The number of carbonyl (C=O) groups is 1. The van der Waals surface area contributed by atoms with Crippen molar-refractivity contribution in [1.29, 1.82) is 0 Å². The summed E-state index contributed by atoms with van der Waals surface area (Å²) in [5, 5.41) is 2.94. The number of ether oxygens (including phenoxy) is 4. The molecule has 0 atom stereocenters. The molecule has 31 heavy (non-hydrogen) atoms. The minimum atomic E-state index is -0.205. The molecule has 1 saturated heterocycles. The summed E-state index contributed by atoms with van der Waals surface area (Å²) in [6.45, 7) is 3.56. The quantitative estimate of drug-likeness (QED) is 0.627. The van der Waals surface area contributed by atoms with E-state index in [1.807, 2.05) is 24.3 Å². The SMILES string of the molecule is COc1ccc(C(=O)NCc2cccc(OCCN(C)C3CCOCC3)c2)c(OC)c1. The minimum absolute atomic E-state index is 0.205. The van der Waals surface area contributed by atoms with Crippen LogP contribution in [-0.4, -0.2) is 64.5 Å². The van der Waals surface area contributed by atoms with Crippen molar-refractivity contribution in [1.82, 2.24) is 10.2 Å². The van der Waals surface area contributed by atoms with Gasteiger partial charge >= 0.3 is 0 Å². The number of amides is 1. The van der Waals surface area contributed by atoms with Crippen molar-refractivity contribution in [2.45, 2.75) is 25.4 Å². The van der Waals surface area contributed by atoms with E-state index in [1.165, 1.54) is 7.11 Å². The number of methoxy groups -OCH3 is 2. The van der Waals surface area contributed by atoms with Gasteiger partial charge in [-0.1, -0.05) is 12.1 Å². The highest BCUT2D eigenvalue weighted by Crippen LogP contribution is 2.24. The normalized spacial score (nSPS) is 14.3. The Kier molecular flexibility index (Phi) is 8.55. The molecular formula is C24H32N2O5. The van der Waals surface area contributed by atoms with Gasteiger partial charge in [-0.2, -0.15) is 0 Å². The van der Waals surface area contributed by atoms with Gasteiger partial charge in [0.1, 0.15) is 23.9 Å². The van der Waals surface area contributed by atoms with Gasteiger partial charge in [0, 0.05) is 38.4 Å². The third-order valence-electron chi connectivity index (χ3n) is 5.53. The molecule has 1 aliphatic rings. The highest BCUT2D eigenvalue weighted by atomic mass is 16.5. The molecule has 0 aliphatic carbocycles. The molecule has 1 N–H and O–H groups in total. The summed E-state index contributed by atoms with van der Waals surface area (Å²) in [6.07, 6.45) is 2.15. The predicted octanol–water partition coefficient (Wildman–Crippen LogP) is 3.12. The van der Waals surface area contributed by atoms with Crippen LogP contribution in [0.1, 0.15) is 28.8 Å². The van der Waals surface area contributed by atoms with Crippen molar-refractivity contribution >= 4 is 5.91 Å². The third-order valence-corrected chi connectivity index (χ3v) is 5.53. The first-order valence-electron chi connectivity index (χ1n) is 10.6. The smallest absolute Gasteiger partial charge is 0.255 e. The van der Waals surface area contributed by atoms with Gasteiger partial charge in [0.2, 0.25) is 0 Å². The summed E-state index contributed by atoms with van der Waals surface area (Å²) in [4.78, 5) is 14.9. The standard InChI is InChI=1S/C24H32N2O5/c1-26(19-9-12-30-13-10-19)11-14-31-21-6-4-5-18(15-21)17-25-24(27)22-8-7-20(28-2)16-23(22)29-3/h4-8,15-16,19H,9-14,17H2,1-3H3,(H,25,27). The molecule has 1 heterocycles. The summed E-state index contributed by atoms with van der Waals surface area (Å²) in [6, 6.07) is 13.5. The van der Waals surface area contributed by atoms with E-state index in [0.717, 1.165) is 43.9 Å². The van der Waals surface area contributed by atoms with Crippen LogP contribution < -0.4 is 19.5 Å². The maximum atomic E-state index is 12.6. The van der Waals surface area contributed by atoms with Crippen molar-refractivity contribution in [3.05, 3.63) is 53.6 Å². The first-order chi connectivity index (χ1) is 15.1. The van der Waals surface area contributed by atoms with Crippen molar-refractivity contribution in [3.63, 3.8) is 0 Å². The molecule has 3 rings (SSSR count). The second-order valence-corrected chi connectivity index (χ2v) is 7.57. The second kappa shape index (κ2) is 11.6. The number of nitrogens with zero attached hydrogens (tertiary/aromatic N) is 1. The van der Waals surface area contributed by atoms with Crippen LogP contribution in [0.3, 0.4) is 0 Å². The van der Waals surface area contributed by atoms with Crippen LogP contribution in [0.5, 0.6) is 17.2 Å². The number of carbonyl (C=O) groups excluding carboxylic acids is 1. The molecule has 168 valence electrons. The van der Waals surface area contributed by atoms with Crippen LogP contribution in [-0.2, 0) is 11.3 Å². The molecule has 0 saturated carbocycles. The van der Waals surface area contributed by atoms with Crippen LogP contribution in [0.4, 0.5) is 0 Å². The monoisotopic (exact) mass is 428 g/mol. The van der Waals surface area contributed by atoms with Gasteiger partial charge in [-0.3, -0.25) is 9.69 Å². The number of likely N-dealkylation sites (N-methyl/N-ethyl adjacent to an activating group) is 1. The maximum Gasteiger partial charge on any atom is 0.255 e. The molecular weight excluding hydrogens is 396 g/mol. The van der Waals surface area contributed by atoms with Crippen LogP contribution in [0.25, 0.3) is 0 Å². The first-order valence-corrected chi connectivity index (χ1v) is 10.6. The van der Waals surface area contributed by atoms with E-state index in [-0.39, 0.29) is 5.91 Å². The highest BCUT2D eigenvalue weighted by molar-refractivity contribution is 5.97. The Labute approximate surface area is 184 Å². The predicted molar refractivity (Wildman–Crippen MR) is 119 cm³/mol. The summed E-state index contributed by atoms with van der Waals surface area (Å²) in [5.74, 6) is 1.71. The van der Waals surface area contributed by atoms with Gasteiger partial charge in [0.05, 0.1) is 19.8 Å². The fourth-order valence-corrected chi connectivity index (χ4v) is 3.62. The molecule has 0 spiro atoms. The average Bonchev–Trinajstić information content (AvgIpc) is 2.82. The molecule has 7 heteroatoms. The van der Waals surface area contributed by atoms with Gasteiger partial charge < -0.3 is 24.3 Å². The lowest BCUT2D eigenvalue weighted by Crippen LogP contribution is -2.38. The Morgan fingerprint density at radius 1 is 1.10 bits per heavy atom. The fraction of sp³-hybridized carbons (Fsp3) is 0.458. The van der Waals surface area contributed by atoms with Gasteiger partial charge in [0.15, 0.2) is 0 Å². The van der Waals surface area contributed by atoms with Gasteiger partial charge in [-0.05, 0) is 49.7 Å². The Bertz CT molecular complexity index is 852. The van der Waals surface area contributed by atoms with E-state index in [9.17, 15) is 4.79 Å². The van der Waals surface area contributed by atoms with Gasteiger partial charge in [-0.25, -0.2) is 0 Å². The Morgan fingerprint density at radius 3 is 2.65 bits per heavy atom. The van der Waals surface area contributed by atoms with E-state index in [4.69, 9.17) is 18.9 Å². The van der Waals surface area contributed by atoms with E-state index in [1.54, 1.807) is 25.3 Å². The zero-order chi connectivity index (χ0) is 22.1. The minimum Gasteiger partial charge on any atom is -0.497 e. The van der Waals surface area contributed by atoms with Gasteiger partial charge in [-0.15, -0.1) is 0 Å². The van der Waals surface area contributed by atoms with Crippen LogP contribution in [0.2, 0.25) is 0 Å². The fourth-order valence-electron chi connectivity index (χ4n) is 3.62. The Balaban J connectivity index is 1.49. The molecule has 1 fully saturated rings. The average molecular weight is 429 g/mol. The first kappa shape index (κ1) is 22.9. The lowest BCUT2D eigenvalue weighted by Gasteiger charge is -2.31.